The van der Waals surface area contributed by atoms with E-state index in [0.717, 1.165) is 16.5 Å². The number of aromatic amines is 1. The molecule has 3 aromatic rings. The van der Waals surface area contributed by atoms with Crippen molar-refractivity contribution in [2.45, 2.75) is 25.7 Å². The van der Waals surface area contributed by atoms with Crippen molar-refractivity contribution < 1.29 is 8.42 Å². The molecule has 24 heavy (non-hydrogen) atoms. The fraction of sp³-hybridized carbons (Fsp3) is 0.167. The van der Waals surface area contributed by atoms with Crippen LogP contribution in [0, 0.1) is 20.8 Å². The maximum atomic E-state index is 12.7. The summed E-state index contributed by atoms with van der Waals surface area (Å²) in [6, 6.07) is 11.8. The largest absolute Gasteiger partial charge is 0.322 e. The predicted molar refractivity (Wildman–Crippen MR) is 96.0 cm³/mol. The van der Waals surface area contributed by atoms with Crippen molar-refractivity contribution in [3.8, 4) is 0 Å². The van der Waals surface area contributed by atoms with E-state index in [4.69, 9.17) is 0 Å². The smallest absolute Gasteiger partial charge is 0.261 e. The first kappa shape index (κ1) is 16.3. The lowest BCUT2D eigenvalue weighted by Crippen LogP contribution is -2.14. The van der Waals surface area contributed by atoms with Crippen molar-refractivity contribution in [2.24, 2.45) is 0 Å². The summed E-state index contributed by atoms with van der Waals surface area (Å²) in [6.45, 7) is 5.42. The number of aryl methyl sites for hydroxylation is 3. The van der Waals surface area contributed by atoms with E-state index in [2.05, 4.69) is 9.71 Å². The van der Waals surface area contributed by atoms with Crippen LogP contribution < -0.4 is 10.3 Å². The minimum absolute atomic E-state index is 0.172. The molecule has 0 spiro atoms. The van der Waals surface area contributed by atoms with Crippen LogP contribution >= 0.6 is 0 Å². The van der Waals surface area contributed by atoms with E-state index in [9.17, 15) is 13.2 Å². The molecule has 2 N–H and O–H groups in total. The quantitative estimate of drug-likeness (QED) is 0.767. The summed E-state index contributed by atoms with van der Waals surface area (Å²) in [4.78, 5) is 14.6. The van der Waals surface area contributed by atoms with Crippen LogP contribution in [0.3, 0.4) is 0 Å². The van der Waals surface area contributed by atoms with E-state index in [-0.39, 0.29) is 10.5 Å². The van der Waals surface area contributed by atoms with Gasteiger partial charge in [0.1, 0.15) is 0 Å². The third-order valence-corrected chi connectivity index (χ3v) is 5.37. The molecule has 5 nitrogen and oxygen atoms in total. The van der Waals surface area contributed by atoms with Gasteiger partial charge in [-0.2, -0.15) is 0 Å². The molecule has 0 unspecified atom stereocenters. The minimum Gasteiger partial charge on any atom is -0.322 e. The molecule has 3 rings (SSSR count). The van der Waals surface area contributed by atoms with Gasteiger partial charge >= 0.3 is 0 Å². The molecule has 0 fully saturated rings. The van der Waals surface area contributed by atoms with Crippen molar-refractivity contribution in [3.63, 3.8) is 0 Å². The summed E-state index contributed by atoms with van der Waals surface area (Å²) in [5.74, 6) is 0. The fourth-order valence-electron chi connectivity index (χ4n) is 2.71. The first-order valence-electron chi connectivity index (χ1n) is 7.51. The van der Waals surface area contributed by atoms with E-state index in [0.29, 0.717) is 16.8 Å². The maximum Gasteiger partial charge on any atom is 0.261 e. The van der Waals surface area contributed by atoms with Crippen molar-refractivity contribution in [3.05, 3.63) is 69.5 Å². The Kier molecular flexibility index (Phi) is 3.93. The summed E-state index contributed by atoms with van der Waals surface area (Å²) in [5.41, 5.74) is 3.31. The summed E-state index contributed by atoms with van der Waals surface area (Å²) in [7, 11) is -3.72. The Labute approximate surface area is 140 Å². The first-order valence-corrected chi connectivity index (χ1v) is 8.99. The number of para-hydroxylation sites is 1. The molecule has 2 aromatic carbocycles. The molecule has 124 valence electrons. The Balaban J connectivity index is 2.15. The van der Waals surface area contributed by atoms with Crippen LogP contribution in [0.2, 0.25) is 0 Å². The van der Waals surface area contributed by atoms with Crippen molar-refractivity contribution in [2.75, 3.05) is 4.72 Å². The number of sulfonamides is 1. The molecular weight excluding hydrogens is 324 g/mol. The number of pyridine rings is 1. The van der Waals surface area contributed by atoms with Gasteiger partial charge in [0.05, 0.1) is 16.1 Å². The molecule has 0 bridgehead atoms. The third kappa shape index (κ3) is 2.92. The molecule has 1 heterocycles. The van der Waals surface area contributed by atoms with E-state index in [1.807, 2.05) is 19.1 Å². The second-order valence-electron chi connectivity index (χ2n) is 5.90. The molecule has 0 amide bonds. The number of fused-ring (bicyclic) bond motifs is 1. The Hall–Kier alpha value is -2.60. The Morgan fingerprint density at radius 1 is 0.917 bits per heavy atom. The third-order valence-electron chi connectivity index (χ3n) is 4.03. The number of hydrogen-bond donors (Lipinski definition) is 2. The van der Waals surface area contributed by atoms with Crippen molar-refractivity contribution >= 4 is 26.6 Å². The van der Waals surface area contributed by atoms with Gasteiger partial charge in [-0.05, 0) is 55.7 Å². The standard InChI is InChI=1S/C18H18N2O3S/c1-11-6-4-5-7-16(11)20-24(22,23)14-8-13(3)18-15(10-14)12(2)9-17(21)19-18/h4-10,20H,1-3H3,(H,19,21). The van der Waals surface area contributed by atoms with Crippen LogP contribution in [0.5, 0.6) is 0 Å². The van der Waals surface area contributed by atoms with E-state index in [1.54, 1.807) is 38.1 Å². The summed E-state index contributed by atoms with van der Waals surface area (Å²) in [6.07, 6.45) is 0. The molecule has 0 atom stereocenters. The van der Waals surface area contributed by atoms with Crippen LogP contribution in [0.1, 0.15) is 16.7 Å². The highest BCUT2D eigenvalue weighted by molar-refractivity contribution is 7.92. The lowest BCUT2D eigenvalue weighted by Gasteiger charge is -2.13. The van der Waals surface area contributed by atoms with E-state index < -0.39 is 10.0 Å². The van der Waals surface area contributed by atoms with Crippen LogP contribution in [0.15, 0.2) is 52.2 Å². The van der Waals surface area contributed by atoms with Gasteiger partial charge in [-0.3, -0.25) is 9.52 Å². The highest BCUT2D eigenvalue weighted by Crippen LogP contribution is 2.25. The highest BCUT2D eigenvalue weighted by atomic mass is 32.2. The number of aromatic nitrogens is 1. The van der Waals surface area contributed by atoms with Crippen molar-refractivity contribution in [1.82, 2.24) is 4.98 Å². The summed E-state index contributed by atoms with van der Waals surface area (Å²) >= 11 is 0. The molecule has 1 aromatic heterocycles. The van der Waals surface area contributed by atoms with Crippen LogP contribution in [-0.2, 0) is 10.0 Å². The number of H-pyrrole nitrogens is 1. The summed E-state index contributed by atoms with van der Waals surface area (Å²) < 4.78 is 28.1. The van der Waals surface area contributed by atoms with Gasteiger partial charge in [-0.1, -0.05) is 18.2 Å². The molecule has 0 aliphatic carbocycles. The molecule has 0 aliphatic heterocycles. The van der Waals surface area contributed by atoms with Gasteiger partial charge in [-0.15, -0.1) is 0 Å². The average Bonchev–Trinajstić information content (AvgIpc) is 2.50. The molecule has 0 saturated carbocycles. The van der Waals surface area contributed by atoms with Gasteiger partial charge in [0.25, 0.3) is 10.0 Å². The lowest BCUT2D eigenvalue weighted by atomic mass is 10.1. The van der Waals surface area contributed by atoms with Crippen LogP contribution in [-0.4, -0.2) is 13.4 Å². The second-order valence-corrected chi connectivity index (χ2v) is 7.58. The molecule has 0 radical (unpaired) electrons. The molecule has 0 saturated heterocycles. The zero-order valence-electron chi connectivity index (χ0n) is 13.7. The average molecular weight is 342 g/mol. The number of nitrogens with one attached hydrogen (secondary N) is 2. The molecular formula is C18H18N2O3S. The lowest BCUT2D eigenvalue weighted by molar-refractivity contribution is 0.601. The zero-order chi connectivity index (χ0) is 17.5. The first-order chi connectivity index (χ1) is 11.3. The van der Waals surface area contributed by atoms with Gasteiger partial charge < -0.3 is 4.98 Å². The molecule has 6 heteroatoms. The van der Waals surface area contributed by atoms with E-state index in [1.165, 1.54) is 6.07 Å². The highest BCUT2D eigenvalue weighted by Gasteiger charge is 2.17. The normalized spacial score (nSPS) is 11.6. The second kappa shape index (κ2) is 5.79. The van der Waals surface area contributed by atoms with Gasteiger partial charge in [0.2, 0.25) is 5.56 Å². The fourth-order valence-corrected chi connectivity index (χ4v) is 3.95. The minimum atomic E-state index is -3.72. The van der Waals surface area contributed by atoms with E-state index >= 15 is 0 Å². The Morgan fingerprint density at radius 3 is 2.33 bits per heavy atom. The van der Waals surface area contributed by atoms with Gasteiger partial charge in [0, 0.05) is 11.5 Å². The Morgan fingerprint density at radius 2 is 1.62 bits per heavy atom. The molecule has 0 aliphatic rings. The zero-order valence-corrected chi connectivity index (χ0v) is 14.5. The monoisotopic (exact) mass is 342 g/mol. The topological polar surface area (TPSA) is 79.0 Å². The SMILES string of the molecule is Cc1ccccc1NS(=O)(=O)c1cc(C)c2[nH]c(=O)cc(C)c2c1. The van der Waals surface area contributed by atoms with Crippen molar-refractivity contribution in [1.29, 1.82) is 0 Å². The number of benzene rings is 2. The van der Waals surface area contributed by atoms with Crippen LogP contribution in [0.25, 0.3) is 10.9 Å². The number of hydrogen-bond acceptors (Lipinski definition) is 3. The summed E-state index contributed by atoms with van der Waals surface area (Å²) in [5, 5.41) is 0.722. The predicted octanol–water partition coefficient (Wildman–Crippen LogP) is 3.25. The maximum absolute atomic E-state index is 12.7. The van der Waals surface area contributed by atoms with Gasteiger partial charge in [-0.25, -0.2) is 8.42 Å². The Bertz CT molecular complexity index is 1100. The number of rotatable bonds is 3. The number of anilines is 1. The van der Waals surface area contributed by atoms with Gasteiger partial charge in [0.15, 0.2) is 0 Å². The van der Waals surface area contributed by atoms with Crippen LogP contribution in [0.4, 0.5) is 5.69 Å².